The van der Waals surface area contributed by atoms with Crippen molar-refractivity contribution in [3.63, 3.8) is 0 Å². The molecule has 2 N–H and O–H groups in total. The lowest BCUT2D eigenvalue weighted by atomic mass is 10.2. The van der Waals surface area contributed by atoms with Crippen LogP contribution >= 0.6 is 11.5 Å². The molecule has 0 amide bonds. The number of esters is 1. The lowest BCUT2D eigenvalue weighted by Crippen LogP contribution is -2.01. The highest BCUT2D eigenvalue weighted by Crippen LogP contribution is 2.20. The average molecular weight is 210 g/mol. The number of rotatable bonds is 1. The van der Waals surface area contributed by atoms with Crippen LogP contribution in [0.5, 0.6) is 0 Å². The predicted octanol–water partition coefficient (Wildman–Crippen LogP) is 1.27. The molecular weight excluding hydrogens is 200 g/mol. The quantitative estimate of drug-likeness (QED) is 0.560. The Balaban J connectivity index is 3.12. The Morgan fingerprint density at radius 3 is 3.00 bits per heavy atom. The number of hydrogen-bond acceptors (Lipinski definition) is 5. The van der Waals surface area contributed by atoms with Crippen LogP contribution in [0.2, 0.25) is 0 Å². The van der Waals surface area contributed by atoms with Gasteiger partial charge in [0, 0.05) is 6.42 Å². The van der Waals surface area contributed by atoms with Crippen molar-refractivity contribution in [3.8, 4) is 11.8 Å². The largest absolute Gasteiger partial charge is 0.465 e. The Morgan fingerprint density at radius 1 is 1.71 bits per heavy atom. The van der Waals surface area contributed by atoms with Gasteiger partial charge in [-0.05, 0) is 11.5 Å². The molecule has 0 atom stereocenters. The highest BCUT2D eigenvalue weighted by molar-refractivity contribution is 7.08. The zero-order valence-corrected chi connectivity index (χ0v) is 8.77. The standard InChI is InChI=1S/C9H10N2O2S/c1-3-4-5-6-7(9(12)13-2)14-11-8(6)10/h3H2,1-2H3,(H2,10,11). The minimum Gasteiger partial charge on any atom is -0.465 e. The summed E-state index contributed by atoms with van der Waals surface area (Å²) < 4.78 is 8.43. The van der Waals surface area contributed by atoms with Crippen LogP contribution in [0.15, 0.2) is 0 Å². The summed E-state index contributed by atoms with van der Waals surface area (Å²) in [4.78, 5) is 11.6. The number of hydrogen-bond donors (Lipinski definition) is 1. The molecule has 1 aromatic heterocycles. The van der Waals surface area contributed by atoms with Gasteiger partial charge in [0.05, 0.1) is 12.7 Å². The molecular formula is C9H10N2O2S. The minimum atomic E-state index is -0.445. The van der Waals surface area contributed by atoms with E-state index >= 15 is 0 Å². The maximum Gasteiger partial charge on any atom is 0.351 e. The molecule has 0 aromatic carbocycles. The molecule has 0 bridgehead atoms. The van der Waals surface area contributed by atoms with E-state index in [1.165, 1.54) is 7.11 Å². The second-order valence-corrected chi connectivity index (χ2v) is 3.19. The number of methoxy groups -OCH3 is 1. The van der Waals surface area contributed by atoms with Gasteiger partial charge in [-0.1, -0.05) is 18.8 Å². The molecule has 1 heterocycles. The van der Waals surface area contributed by atoms with Gasteiger partial charge in [-0.15, -0.1) is 0 Å². The van der Waals surface area contributed by atoms with Crippen LogP contribution in [0, 0.1) is 11.8 Å². The molecule has 0 aliphatic carbocycles. The van der Waals surface area contributed by atoms with Gasteiger partial charge in [0.15, 0.2) is 10.7 Å². The normalized spacial score (nSPS) is 9.00. The summed E-state index contributed by atoms with van der Waals surface area (Å²) >= 11 is 1.01. The second kappa shape index (κ2) is 4.63. The summed E-state index contributed by atoms with van der Waals surface area (Å²) in [6.07, 6.45) is 0.704. The van der Waals surface area contributed by atoms with E-state index in [2.05, 4.69) is 21.0 Å². The molecule has 0 saturated carbocycles. The fraction of sp³-hybridized carbons (Fsp3) is 0.333. The van der Waals surface area contributed by atoms with Crippen molar-refractivity contribution in [1.82, 2.24) is 4.37 Å². The number of aromatic nitrogens is 1. The average Bonchev–Trinajstić information content (AvgIpc) is 2.56. The van der Waals surface area contributed by atoms with E-state index in [0.717, 1.165) is 11.5 Å². The lowest BCUT2D eigenvalue weighted by molar-refractivity contribution is 0.0606. The highest BCUT2D eigenvalue weighted by atomic mass is 32.1. The van der Waals surface area contributed by atoms with Crippen molar-refractivity contribution in [3.05, 3.63) is 10.4 Å². The second-order valence-electron chi connectivity index (χ2n) is 2.42. The molecule has 74 valence electrons. The first-order valence-electron chi connectivity index (χ1n) is 4.03. The van der Waals surface area contributed by atoms with Gasteiger partial charge in [0.25, 0.3) is 0 Å². The van der Waals surface area contributed by atoms with E-state index in [4.69, 9.17) is 5.73 Å². The number of ether oxygens (including phenoxy) is 1. The summed E-state index contributed by atoms with van der Waals surface area (Å²) in [5.41, 5.74) is 6.04. The lowest BCUT2D eigenvalue weighted by Gasteiger charge is -1.94. The molecule has 4 nitrogen and oxygen atoms in total. The van der Waals surface area contributed by atoms with Crippen LogP contribution < -0.4 is 5.73 Å². The van der Waals surface area contributed by atoms with E-state index in [9.17, 15) is 4.79 Å². The Morgan fingerprint density at radius 2 is 2.43 bits per heavy atom. The molecule has 0 aliphatic heterocycles. The van der Waals surface area contributed by atoms with E-state index < -0.39 is 5.97 Å². The zero-order chi connectivity index (χ0) is 10.6. The Kier molecular flexibility index (Phi) is 3.48. The third-order valence-corrected chi connectivity index (χ3v) is 2.32. The Labute approximate surface area is 86.2 Å². The Bertz CT molecular complexity index is 401. The van der Waals surface area contributed by atoms with Gasteiger partial charge in [0.1, 0.15) is 0 Å². The maximum absolute atomic E-state index is 11.2. The molecule has 14 heavy (non-hydrogen) atoms. The van der Waals surface area contributed by atoms with E-state index in [0.29, 0.717) is 16.9 Å². The molecule has 5 heteroatoms. The number of carbonyl (C=O) groups is 1. The summed E-state index contributed by atoms with van der Waals surface area (Å²) in [6.45, 7) is 1.92. The van der Waals surface area contributed by atoms with Crippen molar-refractivity contribution in [2.45, 2.75) is 13.3 Å². The number of nitrogens with zero attached hydrogens (tertiary/aromatic N) is 1. The summed E-state index contributed by atoms with van der Waals surface area (Å²) in [5.74, 6) is 5.48. The zero-order valence-electron chi connectivity index (χ0n) is 7.96. The van der Waals surface area contributed by atoms with Crippen LogP contribution in [0.25, 0.3) is 0 Å². The molecule has 0 spiro atoms. The first kappa shape index (κ1) is 10.5. The number of nitrogen functional groups attached to an aromatic ring is 1. The molecule has 0 saturated heterocycles. The van der Waals surface area contributed by atoms with Crippen LogP contribution in [0.1, 0.15) is 28.6 Å². The minimum absolute atomic E-state index is 0.288. The first-order chi connectivity index (χ1) is 6.70. The maximum atomic E-state index is 11.2. The van der Waals surface area contributed by atoms with Gasteiger partial charge < -0.3 is 10.5 Å². The Hall–Kier alpha value is -1.54. The van der Waals surface area contributed by atoms with Crippen LogP contribution in [-0.4, -0.2) is 17.5 Å². The SMILES string of the molecule is CCC#Cc1c(N)nsc1C(=O)OC. The summed E-state index contributed by atoms with van der Waals surface area (Å²) in [6, 6.07) is 0. The van der Waals surface area contributed by atoms with Crippen molar-refractivity contribution in [1.29, 1.82) is 0 Å². The fourth-order valence-corrected chi connectivity index (χ4v) is 1.52. The van der Waals surface area contributed by atoms with E-state index in [1.54, 1.807) is 0 Å². The molecule has 0 unspecified atom stereocenters. The number of nitrogens with two attached hydrogens (primary N) is 1. The molecule has 0 fully saturated rings. The van der Waals surface area contributed by atoms with Crippen LogP contribution in [-0.2, 0) is 4.74 Å². The summed E-state index contributed by atoms with van der Waals surface area (Å²) in [5, 5.41) is 0. The predicted molar refractivity (Wildman–Crippen MR) is 55.0 cm³/mol. The van der Waals surface area contributed by atoms with Gasteiger partial charge in [0.2, 0.25) is 0 Å². The topological polar surface area (TPSA) is 65.2 Å². The number of anilines is 1. The van der Waals surface area contributed by atoms with Crippen molar-refractivity contribution in [2.75, 3.05) is 12.8 Å². The van der Waals surface area contributed by atoms with Crippen LogP contribution in [0.3, 0.4) is 0 Å². The van der Waals surface area contributed by atoms with Crippen LogP contribution in [0.4, 0.5) is 5.82 Å². The van der Waals surface area contributed by atoms with Gasteiger partial charge >= 0.3 is 5.97 Å². The third kappa shape index (κ3) is 2.03. The molecule has 0 radical (unpaired) electrons. The van der Waals surface area contributed by atoms with Crippen molar-refractivity contribution in [2.24, 2.45) is 0 Å². The van der Waals surface area contributed by atoms with Gasteiger partial charge in [-0.25, -0.2) is 4.79 Å². The van der Waals surface area contributed by atoms with Gasteiger partial charge in [-0.2, -0.15) is 4.37 Å². The summed E-state index contributed by atoms with van der Waals surface area (Å²) in [7, 11) is 1.31. The number of carbonyl (C=O) groups excluding carboxylic acids is 1. The molecule has 0 aliphatic rings. The van der Waals surface area contributed by atoms with E-state index in [1.807, 2.05) is 6.92 Å². The smallest absolute Gasteiger partial charge is 0.351 e. The van der Waals surface area contributed by atoms with Crippen molar-refractivity contribution >= 4 is 23.3 Å². The van der Waals surface area contributed by atoms with Gasteiger partial charge in [-0.3, -0.25) is 0 Å². The molecule has 1 rings (SSSR count). The van der Waals surface area contributed by atoms with E-state index in [-0.39, 0.29) is 5.82 Å². The third-order valence-electron chi connectivity index (χ3n) is 1.48. The monoisotopic (exact) mass is 210 g/mol. The first-order valence-corrected chi connectivity index (χ1v) is 4.80. The molecule has 1 aromatic rings. The fourth-order valence-electron chi connectivity index (χ4n) is 0.832. The highest BCUT2D eigenvalue weighted by Gasteiger charge is 2.16. The van der Waals surface area contributed by atoms with Crippen molar-refractivity contribution < 1.29 is 9.53 Å².